The number of alkyl halides is 3. The number of rotatable bonds is 6. The summed E-state index contributed by atoms with van der Waals surface area (Å²) in [5, 5.41) is 9.45. The first-order valence-electron chi connectivity index (χ1n) is 8.80. The summed E-state index contributed by atoms with van der Waals surface area (Å²) < 4.78 is 44.2. The van der Waals surface area contributed by atoms with Crippen LogP contribution in [-0.2, 0) is 13.1 Å². The second-order valence-electron chi connectivity index (χ2n) is 6.71. The minimum atomic E-state index is -4.36. The molecule has 0 aliphatic rings. The number of urea groups is 1. The third kappa shape index (κ3) is 5.40. The third-order valence-electron chi connectivity index (χ3n) is 4.47. The molecule has 154 valence electrons. The molecule has 0 spiro atoms. The van der Waals surface area contributed by atoms with E-state index in [9.17, 15) is 18.0 Å². The van der Waals surface area contributed by atoms with Gasteiger partial charge in [0.1, 0.15) is 12.3 Å². The Morgan fingerprint density at radius 3 is 2.57 bits per heavy atom. The van der Waals surface area contributed by atoms with Crippen LogP contribution in [0, 0.1) is 20.8 Å². The Labute approximate surface area is 162 Å². The van der Waals surface area contributed by atoms with E-state index in [0.29, 0.717) is 23.5 Å². The van der Waals surface area contributed by atoms with Crippen molar-refractivity contribution in [2.24, 2.45) is 0 Å². The summed E-state index contributed by atoms with van der Waals surface area (Å²) in [5.74, 6) is 0.733. The number of aryl methyl sites for hydroxylation is 2. The highest BCUT2D eigenvalue weighted by atomic mass is 19.4. The number of hydrogen-bond donors (Lipinski definition) is 2. The van der Waals surface area contributed by atoms with Crippen LogP contribution in [0.25, 0.3) is 0 Å². The van der Waals surface area contributed by atoms with Gasteiger partial charge in [-0.2, -0.15) is 18.3 Å². The zero-order valence-electron chi connectivity index (χ0n) is 16.6. The molecular weight excluding hydrogens is 373 g/mol. The fourth-order valence-corrected chi connectivity index (χ4v) is 3.14. The van der Waals surface area contributed by atoms with E-state index in [2.05, 4.69) is 15.7 Å². The molecular formula is C19H25F3N4O2. The molecule has 0 aliphatic carbocycles. The second-order valence-corrected chi connectivity index (χ2v) is 6.71. The number of nitrogens with one attached hydrogen (secondary N) is 2. The van der Waals surface area contributed by atoms with Crippen molar-refractivity contribution in [2.75, 3.05) is 7.11 Å². The Bertz CT molecular complexity index is 846. The molecule has 2 rings (SSSR count). The average Bonchev–Trinajstić information content (AvgIpc) is 2.86. The fraction of sp³-hybridized carbons (Fsp3) is 0.474. The lowest BCUT2D eigenvalue weighted by Crippen LogP contribution is -2.37. The zero-order valence-corrected chi connectivity index (χ0v) is 16.6. The van der Waals surface area contributed by atoms with Gasteiger partial charge in [0.05, 0.1) is 18.8 Å². The summed E-state index contributed by atoms with van der Waals surface area (Å²) in [6.45, 7) is 5.96. The molecule has 6 nitrogen and oxygen atoms in total. The quantitative estimate of drug-likeness (QED) is 0.775. The minimum Gasteiger partial charge on any atom is -0.496 e. The topological polar surface area (TPSA) is 68.2 Å². The molecule has 0 saturated heterocycles. The molecule has 1 aromatic heterocycles. The first-order valence-corrected chi connectivity index (χ1v) is 8.80. The molecule has 1 unspecified atom stereocenters. The number of amides is 2. The van der Waals surface area contributed by atoms with Crippen molar-refractivity contribution < 1.29 is 22.7 Å². The summed E-state index contributed by atoms with van der Waals surface area (Å²) in [6.07, 6.45) is -4.36. The van der Waals surface area contributed by atoms with Crippen LogP contribution in [-0.4, -0.2) is 29.1 Å². The molecule has 1 heterocycles. The SMILES string of the molecule is COc1cc(CNC(=O)NC(C)c2c(C)nn(CC(F)(F)F)c2C)ccc1C. The maximum Gasteiger partial charge on any atom is 0.408 e. The van der Waals surface area contributed by atoms with Gasteiger partial charge >= 0.3 is 12.2 Å². The highest BCUT2D eigenvalue weighted by Crippen LogP contribution is 2.25. The molecule has 9 heteroatoms. The molecule has 2 amide bonds. The van der Waals surface area contributed by atoms with E-state index >= 15 is 0 Å². The third-order valence-corrected chi connectivity index (χ3v) is 4.47. The Morgan fingerprint density at radius 1 is 1.29 bits per heavy atom. The Hall–Kier alpha value is -2.71. The summed E-state index contributed by atoms with van der Waals surface area (Å²) in [5.41, 5.74) is 3.28. The van der Waals surface area contributed by atoms with Crippen molar-refractivity contribution in [1.29, 1.82) is 0 Å². The number of benzene rings is 1. The van der Waals surface area contributed by atoms with Gasteiger partial charge < -0.3 is 15.4 Å². The molecule has 0 aliphatic heterocycles. The van der Waals surface area contributed by atoms with E-state index in [1.54, 1.807) is 27.9 Å². The number of nitrogens with zero attached hydrogens (tertiary/aromatic N) is 2. The lowest BCUT2D eigenvalue weighted by atomic mass is 10.1. The van der Waals surface area contributed by atoms with Crippen LogP contribution in [0.3, 0.4) is 0 Å². The molecule has 0 bridgehead atoms. The van der Waals surface area contributed by atoms with E-state index in [1.807, 2.05) is 25.1 Å². The smallest absolute Gasteiger partial charge is 0.408 e. The number of aromatic nitrogens is 2. The van der Waals surface area contributed by atoms with Crippen molar-refractivity contribution in [3.8, 4) is 5.75 Å². The predicted molar refractivity (Wildman–Crippen MR) is 99.3 cm³/mol. The summed E-state index contributed by atoms with van der Waals surface area (Å²) >= 11 is 0. The first kappa shape index (κ1) is 21.6. The van der Waals surface area contributed by atoms with Gasteiger partial charge in [-0.25, -0.2) is 4.79 Å². The highest BCUT2D eigenvalue weighted by Gasteiger charge is 2.30. The van der Waals surface area contributed by atoms with Gasteiger partial charge in [-0.3, -0.25) is 4.68 Å². The monoisotopic (exact) mass is 398 g/mol. The van der Waals surface area contributed by atoms with Crippen molar-refractivity contribution in [3.05, 3.63) is 46.3 Å². The highest BCUT2D eigenvalue weighted by molar-refractivity contribution is 5.74. The van der Waals surface area contributed by atoms with Gasteiger partial charge in [-0.1, -0.05) is 12.1 Å². The Kier molecular flexibility index (Phi) is 6.58. The van der Waals surface area contributed by atoms with Gasteiger partial charge in [0.25, 0.3) is 0 Å². The van der Waals surface area contributed by atoms with Gasteiger partial charge in [-0.15, -0.1) is 0 Å². The normalized spacial score (nSPS) is 12.6. The molecule has 2 aromatic rings. The standard InChI is InChI=1S/C19H25F3N4O2/c1-11-6-7-15(8-16(11)28-5)9-23-18(27)24-12(2)17-13(3)25-26(14(17)4)10-19(20,21)22/h6-8,12H,9-10H2,1-5H3,(H2,23,24,27). The van der Waals surface area contributed by atoms with Crippen molar-refractivity contribution >= 4 is 6.03 Å². The molecule has 1 aromatic carbocycles. The minimum absolute atomic E-state index is 0.292. The summed E-state index contributed by atoms with van der Waals surface area (Å²) in [7, 11) is 1.58. The summed E-state index contributed by atoms with van der Waals surface area (Å²) in [6, 6.07) is 4.72. The number of ether oxygens (including phenoxy) is 1. The fourth-order valence-electron chi connectivity index (χ4n) is 3.14. The largest absolute Gasteiger partial charge is 0.496 e. The Morgan fingerprint density at radius 2 is 1.96 bits per heavy atom. The van der Waals surface area contributed by atoms with E-state index in [0.717, 1.165) is 21.6 Å². The average molecular weight is 398 g/mol. The number of methoxy groups -OCH3 is 1. The first-order chi connectivity index (χ1) is 13.0. The number of hydrogen-bond acceptors (Lipinski definition) is 3. The lowest BCUT2D eigenvalue weighted by molar-refractivity contribution is -0.143. The molecule has 0 saturated carbocycles. The van der Waals surface area contributed by atoms with Gasteiger partial charge in [0.2, 0.25) is 0 Å². The van der Waals surface area contributed by atoms with Crippen LogP contribution >= 0.6 is 0 Å². The molecule has 2 N–H and O–H groups in total. The van der Waals surface area contributed by atoms with Crippen LogP contribution in [0.15, 0.2) is 18.2 Å². The van der Waals surface area contributed by atoms with Gasteiger partial charge in [0, 0.05) is 17.8 Å². The van der Waals surface area contributed by atoms with E-state index in [4.69, 9.17) is 4.74 Å². The lowest BCUT2D eigenvalue weighted by Gasteiger charge is -2.16. The van der Waals surface area contributed by atoms with Crippen LogP contribution in [0.4, 0.5) is 18.0 Å². The van der Waals surface area contributed by atoms with Crippen LogP contribution in [0.1, 0.15) is 41.0 Å². The van der Waals surface area contributed by atoms with Crippen molar-refractivity contribution in [1.82, 2.24) is 20.4 Å². The maximum atomic E-state index is 12.7. The molecule has 1 atom stereocenters. The van der Waals surface area contributed by atoms with E-state index in [-0.39, 0.29) is 0 Å². The van der Waals surface area contributed by atoms with Gasteiger partial charge in [0.15, 0.2) is 0 Å². The second kappa shape index (κ2) is 8.53. The van der Waals surface area contributed by atoms with Crippen LogP contribution in [0.5, 0.6) is 5.75 Å². The van der Waals surface area contributed by atoms with Crippen LogP contribution in [0.2, 0.25) is 0 Å². The van der Waals surface area contributed by atoms with Crippen LogP contribution < -0.4 is 15.4 Å². The number of carbonyl (C=O) groups excluding carboxylic acids is 1. The van der Waals surface area contributed by atoms with Gasteiger partial charge in [-0.05, 0) is 44.9 Å². The Balaban J connectivity index is 2.01. The number of halogens is 3. The van der Waals surface area contributed by atoms with E-state index < -0.39 is 24.8 Å². The zero-order chi connectivity index (χ0) is 21.1. The molecule has 28 heavy (non-hydrogen) atoms. The van der Waals surface area contributed by atoms with E-state index in [1.165, 1.54) is 0 Å². The number of carbonyl (C=O) groups is 1. The predicted octanol–water partition coefficient (Wildman–Crippen LogP) is 3.94. The van der Waals surface area contributed by atoms with Crippen molar-refractivity contribution in [3.63, 3.8) is 0 Å². The maximum absolute atomic E-state index is 12.7. The molecule has 0 radical (unpaired) electrons. The van der Waals surface area contributed by atoms with Crippen molar-refractivity contribution in [2.45, 2.75) is 53.0 Å². The summed E-state index contributed by atoms with van der Waals surface area (Å²) in [4.78, 5) is 12.2. The molecule has 0 fully saturated rings.